The van der Waals surface area contributed by atoms with Crippen molar-refractivity contribution in [2.75, 3.05) is 19.0 Å². The molecule has 0 saturated carbocycles. The van der Waals surface area contributed by atoms with E-state index in [1.54, 1.807) is 18.2 Å². The van der Waals surface area contributed by atoms with Gasteiger partial charge in [0.2, 0.25) is 5.91 Å². The molecule has 1 amide bonds. The molecule has 0 spiro atoms. The zero-order valence-electron chi connectivity index (χ0n) is 11.2. The SMILES string of the molecule is COc1cc(C(N)=S)ccc1NC(=O)COC(C)C. The van der Waals surface area contributed by atoms with E-state index >= 15 is 0 Å². The van der Waals surface area contributed by atoms with E-state index in [4.69, 9.17) is 27.4 Å². The van der Waals surface area contributed by atoms with Crippen molar-refractivity contribution in [3.8, 4) is 5.75 Å². The first-order valence-corrected chi connectivity index (χ1v) is 6.24. The zero-order valence-corrected chi connectivity index (χ0v) is 12.0. The lowest BCUT2D eigenvalue weighted by molar-refractivity contribution is -0.121. The standard InChI is InChI=1S/C13H18N2O3S/c1-8(2)18-7-12(16)15-10-5-4-9(13(14)19)6-11(10)17-3/h4-6,8H,7H2,1-3H3,(H2,14,19)(H,15,16). The molecule has 6 heteroatoms. The maximum Gasteiger partial charge on any atom is 0.250 e. The zero-order chi connectivity index (χ0) is 14.4. The number of anilines is 1. The van der Waals surface area contributed by atoms with Crippen LogP contribution in [0.2, 0.25) is 0 Å². The van der Waals surface area contributed by atoms with Crippen molar-refractivity contribution in [3.63, 3.8) is 0 Å². The highest BCUT2D eigenvalue weighted by atomic mass is 32.1. The number of carbonyl (C=O) groups is 1. The van der Waals surface area contributed by atoms with Crippen LogP contribution in [0.3, 0.4) is 0 Å². The highest BCUT2D eigenvalue weighted by Crippen LogP contribution is 2.25. The maximum absolute atomic E-state index is 11.7. The van der Waals surface area contributed by atoms with Gasteiger partial charge in [-0.1, -0.05) is 12.2 Å². The van der Waals surface area contributed by atoms with Gasteiger partial charge in [-0.25, -0.2) is 0 Å². The van der Waals surface area contributed by atoms with Crippen molar-refractivity contribution < 1.29 is 14.3 Å². The van der Waals surface area contributed by atoms with Gasteiger partial charge >= 0.3 is 0 Å². The lowest BCUT2D eigenvalue weighted by Gasteiger charge is -2.12. The van der Waals surface area contributed by atoms with Gasteiger partial charge < -0.3 is 20.5 Å². The highest BCUT2D eigenvalue weighted by Gasteiger charge is 2.10. The molecule has 104 valence electrons. The number of amides is 1. The summed E-state index contributed by atoms with van der Waals surface area (Å²) in [5.41, 5.74) is 6.78. The quantitative estimate of drug-likeness (QED) is 0.777. The summed E-state index contributed by atoms with van der Waals surface area (Å²) < 4.78 is 10.4. The Labute approximate surface area is 118 Å². The molecule has 0 bridgehead atoms. The number of hydrogen-bond donors (Lipinski definition) is 2. The van der Waals surface area contributed by atoms with Crippen LogP contribution in [0.15, 0.2) is 18.2 Å². The fourth-order valence-electron chi connectivity index (χ4n) is 1.38. The van der Waals surface area contributed by atoms with Crippen LogP contribution in [0.25, 0.3) is 0 Å². The third kappa shape index (κ3) is 4.84. The van der Waals surface area contributed by atoms with Gasteiger partial charge in [-0.3, -0.25) is 4.79 Å². The Morgan fingerprint density at radius 1 is 1.47 bits per heavy atom. The van der Waals surface area contributed by atoms with Gasteiger partial charge in [0, 0.05) is 5.56 Å². The maximum atomic E-state index is 11.7. The van der Waals surface area contributed by atoms with Gasteiger partial charge in [0.25, 0.3) is 0 Å². The fraction of sp³-hybridized carbons (Fsp3) is 0.385. The van der Waals surface area contributed by atoms with Crippen LogP contribution in [-0.2, 0) is 9.53 Å². The molecule has 5 nitrogen and oxygen atoms in total. The average Bonchev–Trinajstić information content (AvgIpc) is 2.36. The van der Waals surface area contributed by atoms with Crippen LogP contribution in [0.1, 0.15) is 19.4 Å². The lowest BCUT2D eigenvalue weighted by atomic mass is 10.2. The molecule has 0 saturated heterocycles. The minimum Gasteiger partial charge on any atom is -0.495 e. The Bertz CT molecular complexity index is 475. The monoisotopic (exact) mass is 282 g/mol. The first-order valence-electron chi connectivity index (χ1n) is 5.83. The average molecular weight is 282 g/mol. The number of ether oxygens (including phenoxy) is 2. The third-order valence-corrected chi connectivity index (χ3v) is 2.54. The predicted octanol–water partition coefficient (Wildman–Crippen LogP) is 1.69. The number of nitrogens with two attached hydrogens (primary N) is 1. The van der Waals surface area contributed by atoms with E-state index in [1.807, 2.05) is 13.8 Å². The smallest absolute Gasteiger partial charge is 0.250 e. The van der Waals surface area contributed by atoms with Crippen molar-refractivity contribution in [1.29, 1.82) is 0 Å². The summed E-state index contributed by atoms with van der Waals surface area (Å²) in [7, 11) is 1.51. The van der Waals surface area contributed by atoms with E-state index in [9.17, 15) is 4.79 Å². The van der Waals surface area contributed by atoms with Gasteiger partial charge in [0.05, 0.1) is 18.9 Å². The second-order valence-corrected chi connectivity index (χ2v) is 4.63. The lowest BCUT2D eigenvalue weighted by Crippen LogP contribution is -2.21. The van der Waals surface area contributed by atoms with Crippen LogP contribution in [0.5, 0.6) is 5.75 Å². The molecule has 0 aliphatic carbocycles. The summed E-state index contributed by atoms with van der Waals surface area (Å²) in [6, 6.07) is 5.10. The molecule has 0 aliphatic heterocycles. The Balaban J connectivity index is 2.78. The van der Waals surface area contributed by atoms with Crippen molar-refractivity contribution >= 4 is 28.8 Å². The molecule has 0 radical (unpaired) electrons. The Hall–Kier alpha value is -1.66. The number of hydrogen-bond acceptors (Lipinski definition) is 4. The van der Waals surface area contributed by atoms with Crippen molar-refractivity contribution in [2.24, 2.45) is 5.73 Å². The minimum atomic E-state index is -0.241. The number of rotatable bonds is 6. The largest absolute Gasteiger partial charge is 0.495 e. The fourth-order valence-corrected chi connectivity index (χ4v) is 1.50. The molecular formula is C13H18N2O3S. The van der Waals surface area contributed by atoms with E-state index in [2.05, 4.69) is 5.32 Å². The molecule has 19 heavy (non-hydrogen) atoms. The van der Waals surface area contributed by atoms with Gasteiger partial charge in [-0.2, -0.15) is 0 Å². The second-order valence-electron chi connectivity index (χ2n) is 4.19. The van der Waals surface area contributed by atoms with E-state index < -0.39 is 0 Å². The molecule has 0 atom stereocenters. The van der Waals surface area contributed by atoms with Crippen LogP contribution in [-0.4, -0.2) is 30.7 Å². The summed E-state index contributed by atoms with van der Waals surface area (Å²) in [5, 5.41) is 2.71. The summed E-state index contributed by atoms with van der Waals surface area (Å²) in [6.45, 7) is 3.73. The number of benzene rings is 1. The van der Waals surface area contributed by atoms with Gasteiger partial charge in [0.15, 0.2) is 0 Å². The topological polar surface area (TPSA) is 73.6 Å². The van der Waals surface area contributed by atoms with Gasteiger partial charge in [-0.05, 0) is 32.0 Å². The molecule has 0 aliphatic rings. The Kier molecular flexibility index (Phi) is 5.72. The number of carbonyl (C=O) groups excluding carboxylic acids is 1. The van der Waals surface area contributed by atoms with Crippen LogP contribution < -0.4 is 15.8 Å². The molecular weight excluding hydrogens is 264 g/mol. The molecule has 1 aromatic carbocycles. The third-order valence-electron chi connectivity index (χ3n) is 2.31. The predicted molar refractivity (Wildman–Crippen MR) is 78.6 cm³/mol. The van der Waals surface area contributed by atoms with Crippen LogP contribution in [0.4, 0.5) is 5.69 Å². The molecule has 3 N–H and O–H groups in total. The van der Waals surface area contributed by atoms with E-state index in [-0.39, 0.29) is 23.6 Å². The first-order chi connectivity index (χ1) is 8.93. The van der Waals surface area contributed by atoms with Crippen molar-refractivity contribution in [2.45, 2.75) is 20.0 Å². The molecule has 0 heterocycles. The summed E-state index contributed by atoms with van der Waals surface area (Å²) in [6.07, 6.45) is 0.00429. The van der Waals surface area contributed by atoms with Crippen molar-refractivity contribution in [1.82, 2.24) is 0 Å². The molecule has 0 fully saturated rings. The summed E-state index contributed by atoms with van der Waals surface area (Å²) in [4.78, 5) is 11.9. The van der Waals surface area contributed by atoms with E-state index in [1.165, 1.54) is 7.11 Å². The van der Waals surface area contributed by atoms with Crippen LogP contribution >= 0.6 is 12.2 Å². The number of thiocarbonyl (C=S) groups is 1. The highest BCUT2D eigenvalue weighted by molar-refractivity contribution is 7.80. The van der Waals surface area contributed by atoms with E-state index in [0.717, 1.165) is 0 Å². The van der Waals surface area contributed by atoms with Gasteiger partial charge in [0.1, 0.15) is 17.3 Å². The molecule has 0 unspecified atom stereocenters. The second kappa shape index (κ2) is 7.06. The molecule has 1 aromatic rings. The van der Waals surface area contributed by atoms with Gasteiger partial charge in [-0.15, -0.1) is 0 Å². The minimum absolute atomic E-state index is 0.00211. The van der Waals surface area contributed by atoms with E-state index in [0.29, 0.717) is 17.0 Å². The van der Waals surface area contributed by atoms with Crippen molar-refractivity contribution in [3.05, 3.63) is 23.8 Å². The number of nitrogens with one attached hydrogen (secondary N) is 1. The first kappa shape index (κ1) is 15.4. The summed E-state index contributed by atoms with van der Waals surface area (Å²) >= 11 is 4.89. The number of methoxy groups -OCH3 is 1. The normalized spacial score (nSPS) is 10.3. The molecule has 1 rings (SSSR count). The Morgan fingerprint density at radius 3 is 2.68 bits per heavy atom. The van der Waals surface area contributed by atoms with Crippen LogP contribution in [0, 0.1) is 0 Å². The summed E-state index contributed by atoms with van der Waals surface area (Å²) in [5.74, 6) is 0.262. The Morgan fingerprint density at radius 2 is 2.16 bits per heavy atom. The molecule has 0 aromatic heterocycles.